The summed E-state index contributed by atoms with van der Waals surface area (Å²) in [5.41, 5.74) is 0. The van der Waals surface area contributed by atoms with E-state index >= 15 is 0 Å². The second-order valence-corrected chi connectivity index (χ2v) is 2.25. The molecule has 0 fully saturated rings. The van der Waals surface area contributed by atoms with Gasteiger partial charge in [0.05, 0.1) is 6.61 Å². The van der Waals surface area contributed by atoms with Crippen LogP contribution in [0.15, 0.2) is 0 Å². The maximum atomic E-state index is 8.18. The van der Waals surface area contributed by atoms with E-state index in [0.29, 0.717) is 12.8 Å². The van der Waals surface area contributed by atoms with Crippen molar-refractivity contribution in [3.8, 4) is 0 Å². The van der Waals surface area contributed by atoms with Crippen molar-refractivity contribution in [2.75, 3.05) is 6.61 Å². The SMILES string of the molecule is OOCCCCC(OO)(OO)OO. The molecule has 0 aliphatic carbocycles. The zero-order valence-electron chi connectivity index (χ0n) is 6.75. The van der Waals surface area contributed by atoms with Crippen LogP contribution >= 0.6 is 0 Å². The molecule has 0 spiro atoms. The van der Waals surface area contributed by atoms with Gasteiger partial charge in [0.1, 0.15) is 0 Å². The van der Waals surface area contributed by atoms with Crippen molar-refractivity contribution in [1.82, 2.24) is 0 Å². The highest BCUT2D eigenvalue weighted by Crippen LogP contribution is 2.19. The summed E-state index contributed by atoms with van der Waals surface area (Å²) in [5.74, 6) is -2.30. The Morgan fingerprint density at radius 1 is 0.846 bits per heavy atom. The third-order valence-electron chi connectivity index (χ3n) is 1.39. The monoisotopic (exact) mass is 200 g/mol. The van der Waals surface area contributed by atoms with Crippen molar-refractivity contribution in [3.05, 3.63) is 0 Å². The molecule has 0 rings (SSSR count). The lowest BCUT2D eigenvalue weighted by Gasteiger charge is -2.21. The van der Waals surface area contributed by atoms with Gasteiger partial charge in [0.15, 0.2) is 0 Å². The molecule has 0 saturated heterocycles. The van der Waals surface area contributed by atoms with E-state index in [1.54, 1.807) is 0 Å². The zero-order chi connectivity index (χ0) is 10.2. The minimum Gasteiger partial charge on any atom is -0.252 e. The minimum atomic E-state index is -2.30. The maximum absolute atomic E-state index is 8.18. The highest BCUT2D eigenvalue weighted by molar-refractivity contribution is 4.52. The summed E-state index contributed by atoms with van der Waals surface area (Å²) in [5, 5.41) is 32.5. The fraction of sp³-hybridized carbons (Fsp3) is 1.00. The molecule has 0 atom stereocenters. The first kappa shape index (κ1) is 12.7. The third kappa shape index (κ3) is 4.45. The molecule has 0 heterocycles. The van der Waals surface area contributed by atoms with Crippen molar-refractivity contribution >= 4 is 0 Å². The summed E-state index contributed by atoms with van der Waals surface area (Å²) in [7, 11) is 0. The predicted octanol–water partition coefficient (Wildman–Crippen LogP) is 0.769. The molecule has 8 nitrogen and oxygen atoms in total. The van der Waals surface area contributed by atoms with Crippen LogP contribution in [-0.4, -0.2) is 33.6 Å². The molecule has 4 N–H and O–H groups in total. The van der Waals surface area contributed by atoms with Crippen LogP contribution in [0.5, 0.6) is 0 Å². The second kappa shape index (κ2) is 7.12. The van der Waals surface area contributed by atoms with E-state index in [0.717, 1.165) is 0 Å². The normalized spacial score (nSPS) is 12.0. The smallest absolute Gasteiger partial charge is 0.252 e. The molecular formula is C5H12O8. The Morgan fingerprint density at radius 3 is 1.77 bits per heavy atom. The van der Waals surface area contributed by atoms with Gasteiger partial charge < -0.3 is 0 Å². The van der Waals surface area contributed by atoms with Gasteiger partial charge in [-0.3, -0.25) is 5.26 Å². The van der Waals surface area contributed by atoms with E-state index in [1.807, 2.05) is 0 Å². The molecule has 0 saturated carbocycles. The zero-order valence-corrected chi connectivity index (χ0v) is 6.75. The molecule has 0 unspecified atom stereocenters. The van der Waals surface area contributed by atoms with Crippen molar-refractivity contribution in [1.29, 1.82) is 0 Å². The lowest BCUT2D eigenvalue weighted by molar-refractivity contribution is -0.614. The largest absolute Gasteiger partial charge is 0.364 e. The number of hydrogen-bond donors (Lipinski definition) is 4. The topological polar surface area (TPSA) is 118 Å². The highest BCUT2D eigenvalue weighted by Gasteiger charge is 2.35. The van der Waals surface area contributed by atoms with Crippen molar-refractivity contribution in [3.63, 3.8) is 0 Å². The lowest BCUT2D eigenvalue weighted by atomic mass is 10.2. The molecule has 13 heavy (non-hydrogen) atoms. The summed E-state index contributed by atoms with van der Waals surface area (Å²) in [6.45, 7) is 0.0678. The van der Waals surface area contributed by atoms with Crippen LogP contribution in [-0.2, 0) is 19.6 Å². The van der Waals surface area contributed by atoms with Crippen molar-refractivity contribution in [2.45, 2.75) is 25.2 Å². The highest BCUT2D eigenvalue weighted by atomic mass is 17.3. The summed E-state index contributed by atoms with van der Waals surface area (Å²) in [6.07, 6.45) is 0.552. The van der Waals surface area contributed by atoms with Gasteiger partial charge in [-0.15, -0.1) is 0 Å². The standard InChI is InChI=1S/C5H12O8/c6-10-4-2-1-3-5(11-7,12-8)13-9/h6-9H,1-4H2. The number of unbranched alkanes of at least 4 members (excludes halogenated alkanes) is 1. The quantitative estimate of drug-likeness (QED) is 0.196. The predicted molar refractivity (Wildman–Crippen MR) is 36.3 cm³/mol. The fourth-order valence-electron chi connectivity index (χ4n) is 0.695. The van der Waals surface area contributed by atoms with E-state index in [2.05, 4.69) is 19.6 Å². The van der Waals surface area contributed by atoms with Crippen LogP contribution < -0.4 is 0 Å². The van der Waals surface area contributed by atoms with Crippen LogP contribution in [0.25, 0.3) is 0 Å². The molecule has 0 aliphatic rings. The first-order chi connectivity index (χ1) is 6.24. The van der Waals surface area contributed by atoms with E-state index in [4.69, 9.17) is 21.0 Å². The molecular weight excluding hydrogens is 188 g/mol. The molecule has 0 aliphatic heterocycles. The van der Waals surface area contributed by atoms with Gasteiger partial charge in [0.2, 0.25) is 0 Å². The molecule has 0 bridgehead atoms. The second-order valence-electron chi connectivity index (χ2n) is 2.25. The van der Waals surface area contributed by atoms with Gasteiger partial charge in [-0.25, -0.2) is 20.7 Å². The van der Waals surface area contributed by atoms with E-state index in [9.17, 15) is 0 Å². The molecule has 80 valence electrons. The van der Waals surface area contributed by atoms with E-state index in [1.165, 1.54) is 0 Å². The van der Waals surface area contributed by atoms with Crippen LogP contribution in [0.4, 0.5) is 0 Å². The molecule has 0 aromatic heterocycles. The first-order valence-corrected chi connectivity index (χ1v) is 3.48. The third-order valence-corrected chi connectivity index (χ3v) is 1.39. The van der Waals surface area contributed by atoms with Crippen LogP contribution in [0.2, 0.25) is 0 Å². The summed E-state index contributed by atoms with van der Waals surface area (Å²) in [4.78, 5) is 14.5. The van der Waals surface area contributed by atoms with Crippen molar-refractivity contribution < 1.29 is 40.6 Å². The van der Waals surface area contributed by atoms with Gasteiger partial charge in [-0.2, -0.15) is 14.7 Å². The molecule has 0 aromatic rings. The Balaban J connectivity index is 3.68. The van der Waals surface area contributed by atoms with Gasteiger partial charge in [-0.05, 0) is 12.8 Å². The Labute approximate surface area is 73.5 Å². The lowest BCUT2D eigenvalue weighted by Crippen LogP contribution is -2.36. The first-order valence-electron chi connectivity index (χ1n) is 3.48. The molecule has 0 amide bonds. The number of rotatable bonds is 8. The average molecular weight is 200 g/mol. The Hall–Kier alpha value is -0.320. The average Bonchev–Trinajstić information content (AvgIpc) is 2.20. The van der Waals surface area contributed by atoms with E-state index < -0.39 is 5.97 Å². The summed E-state index contributed by atoms with van der Waals surface area (Å²) >= 11 is 0. The van der Waals surface area contributed by atoms with Crippen molar-refractivity contribution in [2.24, 2.45) is 0 Å². The van der Waals surface area contributed by atoms with Gasteiger partial charge in [-0.1, -0.05) is 0 Å². The minimum absolute atomic E-state index is 0.0678. The Kier molecular flexibility index (Phi) is 6.94. The molecule has 0 aromatic carbocycles. The van der Waals surface area contributed by atoms with Crippen LogP contribution in [0, 0.1) is 0 Å². The Bertz CT molecular complexity index is 105. The van der Waals surface area contributed by atoms with Gasteiger partial charge in [0, 0.05) is 6.42 Å². The maximum Gasteiger partial charge on any atom is 0.364 e. The van der Waals surface area contributed by atoms with E-state index in [-0.39, 0.29) is 13.0 Å². The molecule has 8 heteroatoms. The van der Waals surface area contributed by atoms with Gasteiger partial charge >= 0.3 is 5.97 Å². The summed E-state index contributed by atoms with van der Waals surface area (Å²) < 4.78 is 0. The molecule has 0 radical (unpaired) electrons. The summed E-state index contributed by atoms with van der Waals surface area (Å²) in [6, 6.07) is 0. The Morgan fingerprint density at radius 2 is 1.38 bits per heavy atom. The van der Waals surface area contributed by atoms with Crippen LogP contribution in [0.3, 0.4) is 0 Å². The number of hydrogen-bond acceptors (Lipinski definition) is 8. The van der Waals surface area contributed by atoms with Crippen LogP contribution in [0.1, 0.15) is 19.3 Å². The van der Waals surface area contributed by atoms with Gasteiger partial charge in [0.25, 0.3) is 0 Å². The fourth-order valence-corrected chi connectivity index (χ4v) is 0.695.